The van der Waals surface area contributed by atoms with Gasteiger partial charge in [-0.1, -0.05) is 0 Å². The number of hydrogen-bond donors (Lipinski definition) is 0. The number of carbonyl (C=O) groups is 1. The highest BCUT2D eigenvalue weighted by molar-refractivity contribution is 7.94. The van der Waals surface area contributed by atoms with Crippen molar-refractivity contribution in [3.05, 3.63) is 23.8 Å². The maximum Gasteiger partial charge on any atom is 0.252 e. The predicted octanol–water partition coefficient (Wildman–Crippen LogP) is 4.04. The van der Waals surface area contributed by atoms with Gasteiger partial charge in [-0.2, -0.15) is 0 Å². The number of ether oxygens (including phenoxy) is 1. The van der Waals surface area contributed by atoms with Gasteiger partial charge in [-0.05, 0) is 55.5 Å². The smallest absolute Gasteiger partial charge is 0.252 e. The number of halogens is 1. The standard InChI is InChI=1S/C13H15ClO3S/c1-16-18-12-7-6-9(13(14)15)8-11(12)17-10-4-2-3-5-10/h6-8,10H,2-5H2,1H3. The lowest BCUT2D eigenvalue weighted by Gasteiger charge is -2.16. The van der Waals surface area contributed by atoms with Crippen LogP contribution in [0.3, 0.4) is 0 Å². The molecule has 2 rings (SSSR count). The largest absolute Gasteiger partial charge is 0.489 e. The highest BCUT2D eigenvalue weighted by Gasteiger charge is 2.19. The van der Waals surface area contributed by atoms with E-state index < -0.39 is 5.24 Å². The van der Waals surface area contributed by atoms with E-state index in [0.29, 0.717) is 11.3 Å². The fourth-order valence-corrected chi connectivity index (χ4v) is 2.68. The van der Waals surface area contributed by atoms with Gasteiger partial charge in [0, 0.05) is 17.6 Å². The predicted molar refractivity (Wildman–Crippen MR) is 72.4 cm³/mol. The number of carbonyl (C=O) groups excluding carboxylic acids is 1. The van der Waals surface area contributed by atoms with E-state index in [1.807, 2.05) is 0 Å². The number of hydrogen-bond acceptors (Lipinski definition) is 4. The van der Waals surface area contributed by atoms with Gasteiger partial charge in [-0.3, -0.25) is 4.79 Å². The van der Waals surface area contributed by atoms with Gasteiger partial charge >= 0.3 is 0 Å². The van der Waals surface area contributed by atoms with Crippen LogP contribution in [-0.2, 0) is 4.18 Å². The third kappa shape index (κ3) is 3.40. The summed E-state index contributed by atoms with van der Waals surface area (Å²) in [6.07, 6.45) is 4.77. The molecule has 0 saturated heterocycles. The van der Waals surface area contributed by atoms with Gasteiger partial charge in [0.1, 0.15) is 5.75 Å². The molecule has 0 unspecified atom stereocenters. The maximum absolute atomic E-state index is 11.2. The van der Waals surface area contributed by atoms with Crippen molar-refractivity contribution >= 4 is 28.9 Å². The molecule has 0 heterocycles. The summed E-state index contributed by atoms with van der Waals surface area (Å²) in [7, 11) is 1.60. The van der Waals surface area contributed by atoms with E-state index in [4.69, 9.17) is 20.5 Å². The summed E-state index contributed by atoms with van der Waals surface area (Å²) in [5.74, 6) is 0.681. The van der Waals surface area contributed by atoms with Crippen molar-refractivity contribution < 1.29 is 13.7 Å². The summed E-state index contributed by atoms with van der Waals surface area (Å²) >= 11 is 6.71. The van der Waals surface area contributed by atoms with Crippen molar-refractivity contribution in [3.63, 3.8) is 0 Å². The lowest BCUT2D eigenvalue weighted by Crippen LogP contribution is -2.11. The van der Waals surface area contributed by atoms with Gasteiger partial charge in [0.2, 0.25) is 0 Å². The number of rotatable bonds is 5. The van der Waals surface area contributed by atoms with Gasteiger partial charge in [0.25, 0.3) is 5.24 Å². The van der Waals surface area contributed by atoms with E-state index in [1.54, 1.807) is 25.3 Å². The molecule has 5 heteroatoms. The van der Waals surface area contributed by atoms with Crippen LogP contribution in [0.25, 0.3) is 0 Å². The summed E-state index contributed by atoms with van der Waals surface area (Å²) in [6, 6.07) is 5.17. The highest BCUT2D eigenvalue weighted by Crippen LogP contribution is 2.34. The van der Waals surface area contributed by atoms with Crippen LogP contribution in [0, 0.1) is 0 Å². The normalized spacial score (nSPS) is 15.9. The van der Waals surface area contributed by atoms with Gasteiger partial charge in [-0.25, -0.2) is 0 Å². The summed E-state index contributed by atoms with van der Waals surface area (Å²) in [6.45, 7) is 0. The first-order valence-corrected chi connectivity index (χ1v) is 7.04. The quantitative estimate of drug-likeness (QED) is 0.604. The van der Waals surface area contributed by atoms with Crippen LogP contribution in [0.4, 0.5) is 0 Å². The molecule has 98 valence electrons. The minimum Gasteiger partial charge on any atom is -0.489 e. The molecule has 0 N–H and O–H groups in total. The second kappa shape index (κ2) is 6.45. The Bertz CT molecular complexity index is 430. The van der Waals surface area contributed by atoms with Gasteiger partial charge in [0.15, 0.2) is 0 Å². The first-order valence-electron chi connectivity index (χ1n) is 5.92. The Kier molecular flexibility index (Phi) is 4.92. The highest BCUT2D eigenvalue weighted by atomic mass is 35.5. The third-order valence-corrected chi connectivity index (χ3v) is 3.84. The SMILES string of the molecule is COSc1ccc(C(=O)Cl)cc1OC1CCCC1. The molecule has 1 aliphatic rings. The van der Waals surface area contributed by atoms with Crippen molar-refractivity contribution in [2.45, 2.75) is 36.7 Å². The average Bonchev–Trinajstić information content (AvgIpc) is 2.84. The molecule has 1 fully saturated rings. The van der Waals surface area contributed by atoms with E-state index in [-0.39, 0.29) is 6.10 Å². The zero-order valence-electron chi connectivity index (χ0n) is 10.1. The topological polar surface area (TPSA) is 35.5 Å². The van der Waals surface area contributed by atoms with Crippen molar-refractivity contribution in [3.8, 4) is 5.75 Å². The van der Waals surface area contributed by atoms with Crippen LogP contribution >= 0.6 is 23.6 Å². The maximum atomic E-state index is 11.2. The second-order valence-corrected chi connectivity index (χ2v) is 5.49. The van der Waals surface area contributed by atoms with Crippen LogP contribution in [0.15, 0.2) is 23.1 Å². The van der Waals surface area contributed by atoms with Gasteiger partial charge in [0.05, 0.1) is 18.1 Å². The summed E-state index contributed by atoms with van der Waals surface area (Å²) in [5, 5.41) is -0.472. The molecule has 0 aliphatic heterocycles. The molecule has 0 aromatic heterocycles. The Morgan fingerprint density at radius 2 is 2.11 bits per heavy atom. The fraction of sp³-hybridized carbons (Fsp3) is 0.462. The number of benzene rings is 1. The zero-order chi connectivity index (χ0) is 13.0. The van der Waals surface area contributed by atoms with Crippen molar-refractivity contribution in [2.75, 3.05) is 7.11 Å². The third-order valence-electron chi connectivity index (χ3n) is 2.94. The minimum atomic E-state index is -0.472. The first-order chi connectivity index (χ1) is 8.70. The lowest BCUT2D eigenvalue weighted by atomic mass is 10.2. The molecule has 1 aliphatic carbocycles. The lowest BCUT2D eigenvalue weighted by molar-refractivity contribution is 0.108. The molecular weight excluding hydrogens is 272 g/mol. The van der Waals surface area contributed by atoms with Crippen LogP contribution < -0.4 is 4.74 Å². The zero-order valence-corrected chi connectivity index (χ0v) is 11.7. The molecule has 18 heavy (non-hydrogen) atoms. The van der Waals surface area contributed by atoms with Crippen LogP contribution in [0.2, 0.25) is 0 Å². The summed E-state index contributed by atoms with van der Waals surface area (Å²) in [4.78, 5) is 12.0. The Hall–Kier alpha value is -0.710. The summed E-state index contributed by atoms with van der Waals surface area (Å²) < 4.78 is 11.0. The van der Waals surface area contributed by atoms with Crippen LogP contribution in [-0.4, -0.2) is 18.5 Å². The van der Waals surface area contributed by atoms with E-state index in [1.165, 1.54) is 24.9 Å². The molecule has 0 bridgehead atoms. The molecule has 1 aromatic rings. The van der Waals surface area contributed by atoms with E-state index >= 15 is 0 Å². The molecule has 0 amide bonds. The molecule has 0 spiro atoms. The van der Waals surface area contributed by atoms with Gasteiger partial charge in [-0.15, -0.1) is 0 Å². The van der Waals surface area contributed by atoms with Crippen LogP contribution in [0.1, 0.15) is 36.0 Å². The van der Waals surface area contributed by atoms with Crippen molar-refractivity contribution in [1.82, 2.24) is 0 Å². The Balaban J connectivity index is 2.21. The van der Waals surface area contributed by atoms with Crippen LogP contribution in [0.5, 0.6) is 5.75 Å². The Morgan fingerprint density at radius 3 is 2.72 bits per heavy atom. The second-order valence-electron chi connectivity index (χ2n) is 4.21. The van der Waals surface area contributed by atoms with Crippen molar-refractivity contribution in [2.24, 2.45) is 0 Å². The molecule has 0 atom stereocenters. The van der Waals surface area contributed by atoms with E-state index in [2.05, 4.69) is 0 Å². The first kappa shape index (κ1) is 13.7. The Morgan fingerprint density at radius 1 is 1.39 bits per heavy atom. The van der Waals surface area contributed by atoms with Crippen molar-refractivity contribution in [1.29, 1.82) is 0 Å². The minimum absolute atomic E-state index is 0.238. The average molecular weight is 287 g/mol. The monoisotopic (exact) mass is 286 g/mol. The summed E-state index contributed by atoms with van der Waals surface area (Å²) in [5.41, 5.74) is 0.449. The molecular formula is C13H15ClO3S. The fourth-order valence-electron chi connectivity index (χ4n) is 2.07. The molecule has 0 radical (unpaired) electrons. The van der Waals surface area contributed by atoms with E-state index in [9.17, 15) is 4.79 Å². The molecule has 1 saturated carbocycles. The molecule has 1 aromatic carbocycles. The van der Waals surface area contributed by atoms with E-state index in [0.717, 1.165) is 17.7 Å². The Labute approximate surface area is 116 Å². The molecule has 3 nitrogen and oxygen atoms in total. The van der Waals surface area contributed by atoms with Gasteiger partial charge < -0.3 is 8.92 Å².